The van der Waals surface area contributed by atoms with E-state index >= 15 is 0 Å². The van der Waals surface area contributed by atoms with E-state index in [9.17, 15) is 10.1 Å². The van der Waals surface area contributed by atoms with Gasteiger partial charge in [0.2, 0.25) is 0 Å². The number of nitrogens with one attached hydrogen (secondary N) is 1. The van der Waals surface area contributed by atoms with Crippen molar-refractivity contribution in [3.63, 3.8) is 0 Å². The molecule has 1 N–H and O–H groups in total. The lowest BCUT2D eigenvalue weighted by atomic mass is 10.3. The Balaban J connectivity index is 2.24. The number of aromatic nitrogens is 3. The van der Waals surface area contributed by atoms with E-state index in [1.807, 2.05) is 6.92 Å². The Morgan fingerprint density at radius 3 is 2.95 bits per heavy atom. The normalized spacial score (nSPS) is 10.6. The second-order valence-electron chi connectivity index (χ2n) is 3.83. The van der Waals surface area contributed by atoms with Crippen LogP contribution in [0.5, 0.6) is 0 Å². The molecule has 1 aromatic heterocycles. The van der Waals surface area contributed by atoms with Crippen molar-refractivity contribution in [1.82, 2.24) is 20.3 Å². The summed E-state index contributed by atoms with van der Waals surface area (Å²) in [5.74, 6) is 0. The van der Waals surface area contributed by atoms with Crippen molar-refractivity contribution in [2.24, 2.45) is 0 Å². The van der Waals surface area contributed by atoms with Crippen molar-refractivity contribution < 1.29 is 4.92 Å². The lowest BCUT2D eigenvalue weighted by molar-refractivity contribution is -0.385. The topological polar surface area (TPSA) is 85.9 Å². The summed E-state index contributed by atoms with van der Waals surface area (Å²) >= 11 is 3.18. The maximum absolute atomic E-state index is 10.7. The average Bonchev–Trinajstić information content (AvgIpc) is 2.84. The molecule has 7 nitrogen and oxygen atoms in total. The molecule has 2 rings (SSSR count). The third-order valence-corrected chi connectivity index (χ3v) is 3.12. The zero-order valence-corrected chi connectivity index (χ0v) is 11.8. The fourth-order valence-electron chi connectivity index (χ4n) is 1.55. The van der Waals surface area contributed by atoms with Gasteiger partial charge in [-0.3, -0.25) is 10.1 Å². The number of nitrogens with zero attached hydrogens (tertiary/aromatic N) is 4. The molecule has 0 unspecified atom stereocenters. The number of hydrogen-bond donors (Lipinski definition) is 1. The number of nitro benzene ring substituents is 1. The van der Waals surface area contributed by atoms with Gasteiger partial charge in [0.1, 0.15) is 0 Å². The monoisotopic (exact) mass is 325 g/mol. The van der Waals surface area contributed by atoms with E-state index in [-0.39, 0.29) is 5.69 Å². The van der Waals surface area contributed by atoms with Crippen molar-refractivity contribution in [3.8, 4) is 5.69 Å². The lowest BCUT2D eigenvalue weighted by Crippen LogP contribution is -2.11. The van der Waals surface area contributed by atoms with Gasteiger partial charge in [0.05, 0.1) is 27.0 Å². The zero-order chi connectivity index (χ0) is 13.8. The number of hydrogen-bond acceptors (Lipinski definition) is 5. The van der Waals surface area contributed by atoms with E-state index in [0.29, 0.717) is 16.7 Å². The molecule has 0 saturated heterocycles. The molecule has 0 fully saturated rings. The van der Waals surface area contributed by atoms with Gasteiger partial charge < -0.3 is 5.32 Å². The average molecular weight is 326 g/mol. The fraction of sp³-hybridized carbons (Fsp3) is 0.273. The van der Waals surface area contributed by atoms with Gasteiger partial charge >= 0.3 is 0 Å². The first-order valence-corrected chi connectivity index (χ1v) is 6.47. The fourth-order valence-corrected chi connectivity index (χ4v) is 2.06. The number of rotatable bonds is 5. The Morgan fingerprint density at radius 1 is 1.53 bits per heavy atom. The van der Waals surface area contributed by atoms with Crippen LogP contribution in [0.2, 0.25) is 0 Å². The predicted octanol–water partition coefficient (Wildman–Crippen LogP) is 2.05. The van der Waals surface area contributed by atoms with E-state index in [0.717, 1.165) is 12.2 Å². The summed E-state index contributed by atoms with van der Waals surface area (Å²) in [4.78, 5) is 10.3. The summed E-state index contributed by atoms with van der Waals surface area (Å²) in [6.07, 6.45) is 1.79. The zero-order valence-electron chi connectivity index (χ0n) is 10.2. The highest BCUT2D eigenvalue weighted by Crippen LogP contribution is 2.26. The first-order valence-electron chi connectivity index (χ1n) is 5.68. The Labute approximate surface area is 117 Å². The van der Waals surface area contributed by atoms with Crippen LogP contribution in [0.3, 0.4) is 0 Å². The largest absolute Gasteiger partial charge is 0.311 e. The van der Waals surface area contributed by atoms with Crippen LogP contribution in [0.4, 0.5) is 5.69 Å². The van der Waals surface area contributed by atoms with Crippen molar-refractivity contribution in [1.29, 1.82) is 0 Å². The van der Waals surface area contributed by atoms with Crippen LogP contribution in [0.1, 0.15) is 12.6 Å². The van der Waals surface area contributed by atoms with Gasteiger partial charge in [-0.1, -0.05) is 12.1 Å². The minimum absolute atomic E-state index is 0.0248. The summed E-state index contributed by atoms with van der Waals surface area (Å²) < 4.78 is 2.00. The lowest BCUT2D eigenvalue weighted by Gasteiger charge is -2.01. The van der Waals surface area contributed by atoms with Crippen molar-refractivity contribution >= 4 is 21.6 Å². The minimum atomic E-state index is -0.439. The molecule has 0 amide bonds. The molecule has 0 aliphatic heterocycles. The molecule has 0 atom stereocenters. The van der Waals surface area contributed by atoms with Gasteiger partial charge in [-0.25, -0.2) is 4.68 Å². The summed E-state index contributed by atoms with van der Waals surface area (Å²) in [6, 6.07) is 4.71. The molecule has 19 heavy (non-hydrogen) atoms. The van der Waals surface area contributed by atoms with E-state index in [1.165, 1.54) is 6.07 Å². The SMILES string of the molecule is CCNCc1cn(-c2ccc([N+](=O)[O-])c(Br)c2)nn1. The van der Waals surface area contributed by atoms with Crippen LogP contribution in [0.15, 0.2) is 28.9 Å². The molecule has 2 aromatic rings. The van der Waals surface area contributed by atoms with Gasteiger partial charge in [-0.15, -0.1) is 5.10 Å². The maximum Gasteiger partial charge on any atom is 0.283 e. The van der Waals surface area contributed by atoms with Gasteiger partial charge in [0.15, 0.2) is 0 Å². The third-order valence-electron chi connectivity index (χ3n) is 2.49. The molecule has 1 aromatic carbocycles. The number of benzene rings is 1. The summed E-state index contributed by atoms with van der Waals surface area (Å²) in [6.45, 7) is 3.51. The van der Waals surface area contributed by atoms with E-state index in [2.05, 4.69) is 31.6 Å². The Hall–Kier alpha value is -1.80. The second-order valence-corrected chi connectivity index (χ2v) is 4.68. The van der Waals surface area contributed by atoms with Crippen LogP contribution < -0.4 is 5.32 Å². The molecule has 1 heterocycles. The predicted molar refractivity (Wildman–Crippen MR) is 73.1 cm³/mol. The van der Waals surface area contributed by atoms with Crippen molar-refractivity contribution in [3.05, 3.63) is 44.7 Å². The van der Waals surface area contributed by atoms with Gasteiger partial charge in [0.25, 0.3) is 5.69 Å². The minimum Gasteiger partial charge on any atom is -0.311 e. The van der Waals surface area contributed by atoms with Gasteiger partial charge in [-0.2, -0.15) is 0 Å². The Morgan fingerprint density at radius 2 is 2.32 bits per heavy atom. The molecule has 0 spiro atoms. The maximum atomic E-state index is 10.7. The van der Waals surface area contributed by atoms with Crippen LogP contribution in [-0.4, -0.2) is 26.5 Å². The summed E-state index contributed by atoms with van der Waals surface area (Å²) in [7, 11) is 0. The Kier molecular flexibility index (Phi) is 4.23. The first-order chi connectivity index (χ1) is 9.11. The smallest absolute Gasteiger partial charge is 0.283 e. The highest BCUT2D eigenvalue weighted by Gasteiger charge is 2.13. The van der Waals surface area contributed by atoms with Gasteiger partial charge in [-0.05, 0) is 34.6 Å². The molecular weight excluding hydrogens is 314 g/mol. The van der Waals surface area contributed by atoms with E-state index in [1.54, 1.807) is 23.0 Å². The number of nitro groups is 1. The molecule has 0 aliphatic rings. The molecule has 0 radical (unpaired) electrons. The quantitative estimate of drug-likeness (QED) is 0.671. The van der Waals surface area contributed by atoms with Crippen LogP contribution in [-0.2, 0) is 6.54 Å². The Bertz CT molecular complexity index is 599. The van der Waals surface area contributed by atoms with Crippen LogP contribution in [0.25, 0.3) is 5.69 Å². The molecule has 0 bridgehead atoms. The summed E-state index contributed by atoms with van der Waals surface area (Å²) in [5, 5.41) is 21.9. The highest BCUT2D eigenvalue weighted by atomic mass is 79.9. The second kappa shape index (κ2) is 5.89. The van der Waals surface area contributed by atoms with Crippen molar-refractivity contribution in [2.75, 3.05) is 6.54 Å². The van der Waals surface area contributed by atoms with E-state index < -0.39 is 4.92 Å². The first kappa shape index (κ1) is 13.6. The molecule has 0 saturated carbocycles. The highest BCUT2D eigenvalue weighted by molar-refractivity contribution is 9.10. The van der Waals surface area contributed by atoms with Gasteiger partial charge in [0, 0.05) is 12.6 Å². The third kappa shape index (κ3) is 3.15. The van der Waals surface area contributed by atoms with Crippen LogP contribution >= 0.6 is 15.9 Å². The molecule has 100 valence electrons. The standard InChI is InChI=1S/C11H12BrN5O2/c1-2-13-6-8-7-16(15-14-8)9-3-4-11(17(18)19)10(12)5-9/h3-5,7,13H,2,6H2,1H3. The molecule has 0 aliphatic carbocycles. The van der Waals surface area contributed by atoms with E-state index in [4.69, 9.17) is 0 Å². The molecule has 8 heteroatoms. The van der Waals surface area contributed by atoms with Crippen LogP contribution in [0, 0.1) is 10.1 Å². The molecular formula is C11H12BrN5O2. The van der Waals surface area contributed by atoms with Crippen molar-refractivity contribution in [2.45, 2.75) is 13.5 Å². The number of halogens is 1. The summed E-state index contributed by atoms with van der Waals surface area (Å²) in [5.41, 5.74) is 1.56.